The van der Waals surface area contributed by atoms with Crippen LogP contribution in [0.2, 0.25) is 0 Å². The van der Waals surface area contributed by atoms with Crippen molar-refractivity contribution in [3.05, 3.63) is 35.9 Å². The summed E-state index contributed by atoms with van der Waals surface area (Å²) in [6.45, 7) is 8.04. The summed E-state index contributed by atoms with van der Waals surface area (Å²) in [5.41, 5.74) is 3.26. The summed E-state index contributed by atoms with van der Waals surface area (Å²) in [6, 6.07) is 9.57. The topological polar surface area (TPSA) is 115 Å². The molecule has 0 bridgehead atoms. The van der Waals surface area contributed by atoms with E-state index in [1.54, 1.807) is 0 Å². The molecule has 1 aliphatic carbocycles. The Morgan fingerprint density at radius 3 is 2.43 bits per heavy atom. The summed E-state index contributed by atoms with van der Waals surface area (Å²) in [4.78, 5) is 38.0. The van der Waals surface area contributed by atoms with Crippen LogP contribution < -0.4 is 21.7 Å². The number of carbonyl (C=O) groups is 3. The summed E-state index contributed by atoms with van der Waals surface area (Å²) in [5, 5.41) is 8.62. The summed E-state index contributed by atoms with van der Waals surface area (Å²) in [6.07, 6.45) is 1.15. The van der Waals surface area contributed by atoms with Crippen LogP contribution in [0.3, 0.4) is 0 Å². The number of rotatable bonds is 8. The van der Waals surface area contributed by atoms with Gasteiger partial charge in [-0.15, -0.1) is 0 Å². The van der Waals surface area contributed by atoms with Gasteiger partial charge in [0.25, 0.3) is 0 Å². The van der Waals surface area contributed by atoms with Crippen LogP contribution in [-0.4, -0.2) is 41.4 Å². The molecule has 0 saturated heterocycles. The Hall–Kier alpha value is -2.41. The van der Waals surface area contributed by atoms with Gasteiger partial charge >= 0.3 is 0 Å². The van der Waals surface area contributed by atoms with E-state index in [0.29, 0.717) is 19.4 Å². The summed E-state index contributed by atoms with van der Waals surface area (Å²) >= 11 is 0. The van der Waals surface area contributed by atoms with Gasteiger partial charge in [-0.25, -0.2) is 0 Å². The van der Waals surface area contributed by atoms with Crippen molar-refractivity contribution in [2.24, 2.45) is 5.92 Å². The third kappa shape index (κ3) is 5.79. The molecule has 1 fully saturated rings. The van der Waals surface area contributed by atoms with Crippen LogP contribution in [-0.2, 0) is 20.8 Å². The predicted octanol–water partition coefficient (Wildman–Crippen LogP) is 0.155. The standard InChI is InChI=1S/C21H32N4O3/c1-14(13-22)23-19(28)21(12-16(21)18(27)25-20(2,3)4)24-17(26)11-10-15-8-6-5-7-9-15/h5-9,14,16H,10-13,22H2,1-4H3,(H,23,28)(H,24,26)(H,25,27)/p+1. The molecule has 6 N–H and O–H groups in total. The normalized spacial score (nSPS) is 22.1. The van der Waals surface area contributed by atoms with Crippen LogP contribution >= 0.6 is 0 Å². The molecule has 3 atom stereocenters. The van der Waals surface area contributed by atoms with Gasteiger partial charge in [-0.1, -0.05) is 30.3 Å². The fourth-order valence-corrected chi connectivity index (χ4v) is 3.12. The molecule has 3 amide bonds. The van der Waals surface area contributed by atoms with E-state index >= 15 is 0 Å². The molecular weight excluding hydrogens is 356 g/mol. The zero-order chi connectivity index (χ0) is 20.9. The molecule has 1 saturated carbocycles. The number of hydrogen-bond acceptors (Lipinski definition) is 3. The first kappa shape index (κ1) is 21.9. The van der Waals surface area contributed by atoms with Crippen molar-refractivity contribution in [3.8, 4) is 0 Å². The van der Waals surface area contributed by atoms with Crippen molar-refractivity contribution in [1.82, 2.24) is 16.0 Å². The minimum atomic E-state index is -1.17. The third-order valence-corrected chi connectivity index (χ3v) is 4.84. The second kappa shape index (κ2) is 8.73. The van der Waals surface area contributed by atoms with Gasteiger partial charge in [0.2, 0.25) is 17.7 Å². The zero-order valence-corrected chi connectivity index (χ0v) is 17.3. The van der Waals surface area contributed by atoms with E-state index in [0.717, 1.165) is 5.56 Å². The van der Waals surface area contributed by atoms with Crippen LogP contribution in [0.25, 0.3) is 0 Å². The van der Waals surface area contributed by atoms with Gasteiger partial charge in [0, 0.05) is 12.0 Å². The minimum absolute atomic E-state index is 0.127. The Bertz CT molecular complexity index is 714. The molecule has 2 rings (SSSR count). The number of quaternary nitrogens is 1. The first-order valence-electron chi connectivity index (χ1n) is 9.84. The molecule has 7 heteroatoms. The van der Waals surface area contributed by atoms with Gasteiger partial charge < -0.3 is 21.7 Å². The van der Waals surface area contributed by atoms with E-state index in [2.05, 4.69) is 21.7 Å². The maximum absolute atomic E-state index is 12.9. The molecule has 1 aliphatic rings. The quantitative estimate of drug-likeness (QED) is 0.507. The maximum atomic E-state index is 12.9. The first-order valence-corrected chi connectivity index (χ1v) is 9.84. The Morgan fingerprint density at radius 1 is 1.21 bits per heavy atom. The fraction of sp³-hybridized carbons (Fsp3) is 0.571. The molecule has 7 nitrogen and oxygen atoms in total. The van der Waals surface area contributed by atoms with Crippen LogP contribution in [0.5, 0.6) is 0 Å². The number of nitrogens with one attached hydrogen (secondary N) is 3. The van der Waals surface area contributed by atoms with E-state index in [1.165, 1.54) is 0 Å². The van der Waals surface area contributed by atoms with E-state index in [1.807, 2.05) is 58.0 Å². The predicted molar refractivity (Wildman–Crippen MR) is 107 cm³/mol. The molecule has 0 radical (unpaired) electrons. The lowest BCUT2D eigenvalue weighted by molar-refractivity contribution is -0.371. The Balaban J connectivity index is 2.06. The smallest absolute Gasteiger partial charge is 0.247 e. The van der Waals surface area contributed by atoms with E-state index in [-0.39, 0.29) is 30.2 Å². The Labute approximate surface area is 166 Å². The third-order valence-electron chi connectivity index (χ3n) is 4.84. The zero-order valence-electron chi connectivity index (χ0n) is 17.3. The molecule has 0 aromatic heterocycles. The number of benzene rings is 1. The number of amides is 3. The van der Waals surface area contributed by atoms with Gasteiger partial charge in [0.15, 0.2) is 0 Å². The van der Waals surface area contributed by atoms with Gasteiger partial charge in [0.05, 0.1) is 18.5 Å². The average molecular weight is 390 g/mol. The highest BCUT2D eigenvalue weighted by Gasteiger charge is 2.65. The van der Waals surface area contributed by atoms with Crippen LogP contribution in [0.4, 0.5) is 0 Å². The number of carbonyl (C=O) groups excluding carboxylic acids is 3. The molecule has 3 unspecified atom stereocenters. The maximum Gasteiger partial charge on any atom is 0.247 e. The molecule has 1 aromatic carbocycles. The van der Waals surface area contributed by atoms with Gasteiger partial charge in [-0.2, -0.15) is 0 Å². The SMILES string of the molecule is CC(C[NH3+])NC(=O)C1(NC(=O)CCc2ccccc2)CC1C(=O)NC(C)(C)C. The summed E-state index contributed by atoms with van der Waals surface area (Å²) < 4.78 is 0. The van der Waals surface area contributed by atoms with Crippen molar-refractivity contribution in [3.63, 3.8) is 0 Å². The highest BCUT2D eigenvalue weighted by Crippen LogP contribution is 2.44. The minimum Gasteiger partial charge on any atom is -0.356 e. The number of aryl methyl sites for hydroxylation is 1. The summed E-state index contributed by atoms with van der Waals surface area (Å²) in [7, 11) is 0. The van der Waals surface area contributed by atoms with Crippen LogP contribution in [0, 0.1) is 5.92 Å². The number of hydrogen-bond donors (Lipinski definition) is 4. The molecule has 0 heterocycles. The van der Waals surface area contributed by atoms with Crippen LogP contribution in [0.15, 0.2) is 30.3 Å². The lowest BCUT2D eigenvalue weighted by Gasteiger charge is -2.24. The van der Waals surface area contributed by atoms with Crippen molar-refractivity contribution >= 4 is 17.7 Å². The lowest BCUT2D eigenvalue weighted by atomic mass is 10.1. The van der Waals surface area contributed by atoms with Crippen molar-refractivity contribution < 1.29 is 20.1 Å². The Kier molecular flexibility index (Phi) is 6.82. The second-order valence-electron chi connectivity index (χ2n) is 8.66. The molecule has 28 heavy (non-hydrogen) atoms. The fourth-order valence-electron chi connectivity index (χ4n) is 3.12. The Morgan fingerprint density at radius 2 is 1.86 bits per heavy atom. The first-order chi connectivity index (χ1) is 13.1. The monoisotopic (exact) mass is 389 g/mol. The molecule has 0 spiro atoms. The summed E-state index contributed by atoms with van der Waals surface area (Å²) in [5.74, 6) is -1.32. The van der Waals surface area contributed by atoms with E-state index in [9.17, 15) is 14.4 Å². The van der Waals surface area contributed by atoms with Gasteiger partial charge in [0.1, 0.15) is 5.54 Å². The van der Waals surface area contributed by atoms with Gasteiger partial charge in [-0.3, -0.25) is 14.4 Å². The lowest BCUT2D eigenvalue weighted by Crippen LogP contribution is -2.62. The highest BCUT2D eigenvalue weighted by atomic mass is 16.2. The van der Waals surface area contributed by atoms with E-state index in [4.69, 9.17) is 0 Å². The van der Waals surface area contributed by atoms with Gasteiger partial charge in [-0.05, 0) is 46.1 Å². The molecule has 1 aromatic rings. The van der Waals surface area contributed by atoms with E-state index < -0.39 is 17.0 Å². The largest absolute Gasteiger partial charge is 0.356 e. The van der Waals surface area contributed by atoms with Crippen molar-refractivity contribution in [2.75, 3.05) is 6.54 Å². The van der Waals surface area contributed by atoms with Crippen molar-refractivity contribution in [1.29, 1.82) is 0 Å². The molecular formula is C21H33N4O3+. The molecule has 0 aliphatic heterocycles. The average Bonchev–Trinajstić information content (AvgIpc) is 3.35. The highest BCUT2D eigenvalue weighted by molar-refractivity contribution is 6.02. The van der Waals surface area contributed by atoms with Crippen LogP contribution in [0.1, 0.15) is 46.1 Å². The second-order valence-corrected chi connectivity index (χ2v) is 8.66. The van der Waals surface area contributed by atoms with Crippen molar-refractivity contribution in [2.45, 2.75) is 64.1 Å². The molecule has 154 valence electrons.